The molecule has 3 aromatic rings. The predicted molar refractivity (Wildman–Crippen MR) is 110 cm³/mol. The molecule has 1 heterocycles. The van der Waals surface area contributed by atoms with Gasteiger partial charge in [0.2, 0.25) is 5.95 Å². The van der Waals surface area contributed by atoms with Gasteiger partial charge in [0.25, 0.3) is 5.91 Å². The van der Waals surface area contributed by atoms with Crippen LogP contribution in [-0.2, 0) is 6.42 Å². The maximum absolute atomic E-state index is 12.8. The largest absolute Gasteiger partial charge is 0.320 e. The van der Waals surface area contributed by atoms with E-state index in [9.17, 15) is 4.79 Å². The fraction of sp³-hybridized carbons (Fsp3) is 0.227. The summed E-state index contributed by atoms with van der Waals surface area (Å²) in [5.41, 5.74) is 4.35. The van der Waals surface area contributed by atoms with E-state index in [1.165, 1.54) is 0 Å². The number of hydrogen-bond acceptors (Lipinski definition) is 4. The molecule has 5 nitrogen and oxygen atoms in total. The molecule has 1 amide bonds. The molecule has 1 aromatic heterocycles. The minimum absolute atomic E-state index is 0.230. The van der Waals surface area contributed by atoms with Gasteiger partial charge < -0.3 is 10.2 Å². The molecule has 0 aliphatic heterocycles. The molecule has 27 heavy (non-hydrogen) atoms. The van der Waals surface area contributed by atoms with Crippen LogP contribution in [0.5, 0.6) is 0 Å². The fourth-order valence-corrected chi connectivity index (χ4v) is 3.03. The van der Waals surface area contributed by atoms with E-state index in [2.05, 4.69) is 22.2 Å². The molecule has 1 N–H and O–H groups in total. The van der Waals surface area contributed by atoms with Gasteiger partial charge in [0.1, 0.15) is 5.69 Å². The molecule has 0 saturated carbocycles. The van der Waals surface area contributed by atoms with E-state index in [0.29, 0.717) is 18.2 Å². The number of para-hydroxylation sites is 2. The van der Waals surface area contributed by atoms with Crippen LogP contribution in [0.4, 0.5) is 17.3 Å². The summed E-state index contributed by atoms with van der Waals surface area (Å²) < 4.78 is 0. The Kier molecular flexibility index (Phi) is 5.81. The number of anilines is 3. The van der Waals surface area contributed by atoms with Crippen LogP contribution >= 0.6 is 0 Å². The van der Waals surface area contributed by atoms with Crippen molar-refractivity contribution in [2.24, 2.45) is 0 Å². The first kappa shape index (κ1) is 18.6. The van der Waals surface area contributed by atoms with E-state index in [-0.39, 0.29) is 5.91 Å². The Morgan fingerprint density at radius 1 is 1.04 bits per heavy atom. The highest BCUT2D eigenvalue weighted by atomic mass is 16.1. The molecule has 0 spiro atoms. The summed E-state index contributed by atoms with van der Waals surface area (Å²) >= 11 is 0. The van der Waals surface area contributed by atoms with E-state index in [1.807, 2.05) is 67.3 Å². The number of aromatic nitrogens is 2. The highest BCUT2D eigenvalue weighted by molar-refractivity contribution is 6.03. The van der Waals surface area contributed by atoms with Gasteiger partial charge in [-0.1, -0.05) is 43.3 Å². The number of amides is 1. The van der Waals surface area contributed by atoms with Crippen LogP contribution in [0.2, 0.25) is 0 Å². The number of nitrogens with zero attached hydrogens (tertiary/aromatic N) is 3. The van der Waals surface area contributed by atoms with Crippen LogP contribution in [0.3, 0.4) is 0 Å². The molecular weight excluding hydrogens is 336 g/mol. The maximum atomic E-state index is 12.8. The Bertz CT molecular complexity index is 925. The van der Waals surface area contributed by atoms with Crippen LogP contribution in [0.15, 0.2) is 60.8 Å². The minimum atomic E-state index is -0.230. The Balaban J connectivity index is 1.88. The fourth-order valence-electron chi connectivity index (χ4n) is 3.03. The monoisotopic (exact) mass is 360 g/mol. The van der Waals surface area contributed by atoms with Crippen molar-refractivity contribution in [3.8, 4) is 0 Å². The summed E-state index contributed by atoms with van der Waals surface area (Å²) in [5, 5.41) is 3.02. The lowest BCUT2D eigenvalue weighted by Crippen LogP contribution is -2.21. The van der Waals surface area contributed by atoms with Crippen LogP contribution in [0, 0.1) is 6.92 Å². The second kappa shape index (κ2) is 8.45. The summed E-state index contributed by atoms with van der Waals surface area (Å²) in [7, 11) is 0. The van der Waals surface area contributed by atoms with Crippen LogP contribution < -0.4 is 10.2 Å². The van der Waals surface area contributed by atoms with Gasteiger partial charge in [-0.15, -0.1) is 0 Å². The van der Waals surface area contributed by atoms with Gasteiger partial charge in [-0.05, 0) is 49.6 Å². The number of benzene rings is 2. The first-order chi connectivity index (χ1) is 13.1. The molecule has 3 rings (SSSR count). The Hall–Kier alpha value is -3.21. The lowest BCUT2D eigenvalue weighted by Gasteiger charge is -2.21. The van der Waals surface area contributed by atoms with Crippen molar-refractivity contribution in [1.82, 2.24) is 9.97 Å². The number of hydrogen-bond donors (Lipinski definition) is 1. The molecule has 0 bridgehead atoms. The topological polar surface area (TPSA) is 58.1 Å². The summed E-state index contributed by atoms with van der Waals surface area (Å²) in [6.07, 6.45) is 2.48. The summed E-state index contributed by atoms with van der Waals surface area (Å²) in [5.74, 6) is 0.281. The Labute approximate surface area is 160 Å². The number of aryl methyl sites for hydroxylation is 2. The number of rotatable bonds is 6. The van der Waals surface area contributed by atoms with Crippen LogP contribution in [0.25, 0.3) is 0 Å². The molecular formula is C22H24N4O. The average Bonchev–Trinajstić information content (AvgIpc) is 2.71. The van der Waals surface area contributed by atoms with Gasteiger partial charge in [0.15, 0.2) is 0 Å². The molecule has 2 aromatic carbocycles. The molecule has 0 saturated heterocycles. The van der Waals surface area contributed by atoms with Crippen molar-refractivity contribution in [1.29, 1.82) is 0 Å². The zero-order chi connectivity index (χ0) is 19.2. The first-order valence-electron chi connectivity index (χ1n) is 9.19. The maximum Gasteiger partial charge on any atom is 0.274 e. The van der Waals surface area contributed by atoms with Gasteiger partial charge in [-0.25, -0.2) is 9.97 Å². The average molecular weight is 360 g/mol. The van der Waals surface area contributed by atoms with Gasteiger partial charge in [0, 0.05) is 24.1 Å². The van der Waals surface area contributed by atoms with E-state index >= 15 is 0 Å². The third kappa shape index (κ3) is 4.14. The normalized spacial score (nSPS) is 10.5. The lowest BCUT2D eigenvalue weighted by atomic mass is 10.1. The van der Waals surface area contributed by atoms with E-state index in [0.717, 1.165) is 28.9 Å². The molecule has 0 aliphatic carbocycles. The molecule has 0 unspecified atom stereocenters. The van der Waals surface area contributed by atoms with Gasteiger partial charge >= 0.3 is 0 Å². The van der Waals surface area contributed by atoms with Crippen LogP contribution in [-0.4, -0.2) is 22.4 Å². The zero-order valence-electron chi connectivity index (χ0n) is 15.9. The number of carbonyl (C=O) groups is 1. The highest BCUT2D eigenvalue weighted by Crippen LogP contribution is 2.23. The van der Waals surface area contributed by atoms with Crippen molar-refractivity contribution in [2.45, 2.75) is 27.2 Å². The number of carbonyl (C=O) groups excluding carboxylic acids is 1. The van der Waals surface area contributed by atoms with E-state index < -0.39 is 0 Å². The van der Waals surface area contributed by atoms with Crippen molar-refractivity contribution >= 4 is 23.2 Å². The molecule has 0 atom stereocenters. The second-order valence-corrected chi connectivity index (χ2v) is 6.24. The summed E-state index contributed by atoms with van der Waals surface area (Å²) in [6, 6.07) is 17.6. The van der Waals surface area contributed by atoms with Crippen molar-refractivity contribution in [3.63, 3.8) is 0 Å². The lowest BCUT2D eigenvalue weighted by molar-refractivity contribution is 0.102. The van der Waals surface area contributed by atoms with Gasteiger partial charge in [-0.2, -0.15) is 0 Å². The standard InChI is InChI=1S/C22H24N4O/c1-4-17-11-9-10-16(3)20(17)25-21(27)19-14-15-23-22(24-19)26(5-2)18-12-7-6-8-13-18/h6-15H,4-5H2,1-3H3,(H,25,27). The number of nitrogens with one attached hydrogen (secondary N) is 1. The van der Waals surface area contributed by atoms with Gasteiger partial charge in [0.05, 0.1) is 0 Å². The molecule has 0 fully saturated rings. The SMILES string of the molecule is CCc1cccc(C)c1NC(=O)c1ccnc(N(CC)c2ccccc2)n1. The summed E-state index contributed by atoms with van der Waals surface area (Å²) in [6.45, 7) is 6.80. The van der Waals surface area contributed by atoms with Gasteiger partial charge in [-0.3, -0.25) is 4.79 Å². The first-order valence-corrected chi connectivity index (χ1v) is 9.19. The Morgan fingerprint density at radius 2 is 1.81 bits per heavy atom. The highest BCUT2D eigenvalue weighted by Gasteiger charge is 2.15. The minimum Gasteiger partial charge on any atom is -0.320 e. The Morgan fingerprint density at radius 3 is 2.52 bits per heavy atom. The third-order valence-electron chi connectivity index (χ3n) is 4.48. The molecule has 0 radical (unpaired) electrons. The molecule has 5 heteroatoms. The van der Waals surface area contributed by atoms with E-state index in [1.54, 1.807) is 12.3 Å². The quantitative estimate of drug-likeness (QED) is 0.689. The van der Waals surface area contributed by atoms with Crippen molar-refractivity contribution < 1.29 is 4.79 Å². The predicted octanol–water partition coefficient (Wildman–Crippen LogP) is 4.76. The zero-order valence-corrected chi connectivity index (χ0v) is 15.9. The van der Waals surface area contributed by atoms with E-state index in [4.69, 9.17) is 0 Å². The second-order valence-electron chi connectivity index (χ2n) is 6.24. The third-order valence-corrected chi connectivity index (χ3v) is 4.48. The summed E-state index contributed by atoms with van der Waals surface area (Å²) in [4.78, 5) is 23.7. The van der Waals surface area contributed by atoms with Crippen molar-refractivity contribution in [3.05, 3.63) is 77.6 Å². The molecule has 138 valence electrons. The smallest absolute Gasteiger partial charge is 0.274 e. The van der Waals surface area contributed by atoms with Crippen molar-refractivity contribution in [2.75, 3.05) is 16.8 Å². The molecule has 0 aliphatic rings. The van der Waals surface area contributed by atoms with Crippen LogP contribution in [0.1, 0.15) is 35.5 Å².